The van der Waals surface area contributed by atoms with E-state index in [-0.39, 0.29) is 16.5 Å². The molecule has 0 saturated heterocycles. The van der Waals surface area contributed by atoms with Gasteiger partial charge in [0, 0.05) is 17.2 Å². The molecule has 0 fully saturated rings. The third-order valence-electron chi connectivity index (χ3n) is 3.58. The van der Waals surface area contributed by atoms with Crippen LogP contribution in [0.2, 0.25) is 5.02 Å². The zero-order chi connectivity index (χ0) is 18.7. The second kappa shape index (κ2) is 7.33. The van der Waals surface area contributed by atoms with Crippen molar-refractivity contribution in [1.82, 2.24) is 0 Å². The predicted molar refractivity (Wildman–Crippen MR) is 95.6 cm³/mol. The van der Waals surface area contributed by atoms with E-state index in [9.17, 15) is 19.3 Å². The Morgan fingerprint density at radius 3 is 2.54 bits per heavy atom. The number of furan rings is 1. The first-order valence-corrected chi connectivity index (χ1v) is 7.84. The number of nitro groups is 1. The van der Waals surface area contributed by atoms with Crippen molar-refractivity contribution in [1.29, 1.82) is 0 Å². The van der Waals surface area contributed by atoms with E-state index in [2.05, 4.69) is 0 Å². The molecule has 1 heterocycles. The van der Waals surface area contributed by atoms with Gasteiger partial charge in [0.2, 0.25) is 0 Å². The molecule has 130 valence electrons. The molecular formula is C19H11ClFNO4. The van der Waals surface area contributed by atoms with E-state index in [1.54, 1.807) is 18.2 Å². The van der Waals surface area contributed by atoms with Gasteiger partial charge in [-0.1, -0.05) is 11.6 Å². The van der Waals surface area contributed by atoms with Gasteiger partial charge in [-0.25, -0.2) is 4.39 Å². The molecular weight excluding hydrogens is 361 g/mol. The van der Waals surface area contributed by atoms with E-state index in [0.717, 1.165) is 0 Å². The van der Waals surface area contributed by atoms with Crippen molar-refractivity contribution in [2.45, 2.75) is 0 Å². The second-order valence-electron chi connectivity index (χ2n) is 5.33. The van der Waals surface area contributed by atoms with Crippen LogP contribution in [0.5, 0.6) is 0 Å². The lowest BCUT2D eigenvalue weighted by atomic mass is 10.1. The normalized spacial score (nSPS) is 11.0. The third-order valence-corrected chi connectivity index (χ3v) is 3.90. The van der Waals surface area contributed by atoms with E-state index in [4.69, 9.17) is 16.0 Å². The van der Waals surface area contributed by atoms with Crippen molar-refractivity contribution < 1.29 is 18.5 Å². The van der Waals surface area contributed by atoms with Crippen LogP contribution in [0.25, 0.3) is 17.4 Å². The Morgan fingerprint density at radius 1 is 1.12 bits per heavy atom. The molecule has 0 bridgehead atoms. The first-order chi connectivity index (χ1) is 12.4. The average molecular weight is 372 g/mol. The summed E-state index contributed by atoms with van der Waals surface area (Å²) in [6, 6.07) is 12.8. The third kappa shape index (κ3) is 3.87. The van der Waals surface area contributed by atoms with Crippen LogP contribution in [0.1, 0.15) is 16.1 Å². The molecule has 26 heavy (non-hydrogen) atoms. The Morgan fingerprint density at radius 2 is 1.85 bits per heavy atom. The summed E-state index contributed by atoms with van der Waals surface area (Å²) < 4.78 is 18.5. The van der Waals surface area contributed by atoms with Crippen molar-refractivity contribution in [3.05, 3.63) is 93.0 Å². The van der Waals surface area contributed by atoms with Gasteiger partial charge >= 0.3 is 0 Å². The molecule has 3 rings (SSSR count). The molecule has 0 saturated carbocycles. The fourth-order valence-electron chi connectivity index (χ4n) is 2.27. The standard InChI is InChI=1S/C19H11ClFNO4/c20-16-8-3-13(11-17(16)22(24)25)19-10-7-15(26-19)6-9-18(23)12-1-4-14(21)5-2-12/h1-11H. The molecule has 0 N–H and O–H groups in total. The van der Waals surface area contributed by atoms with Crippen molar-refractivity contribution in [2.75, 3.05) is 0 Å². The summed E-state index contributed by atoms with van der Waals surface area (Å²) in [5, 5.41) is 11.0. The molecule has 7 heteroatoms. The van der Waals surface area contributed by atoms with Crippen LogP contribution >= 0.6 is 11.6 Å². The number of halogens is 2. The molecule has 0 aliphatic carbocycles. The summed E-state index contributed by atoms with van der Waals surface area (Å²) in [5.41, 5.74) is 0.623. The minimum Gasteiger partial charge on any atom is -0.457 e. The quantitative estimate of drug-likeness (QED) is 0.255. The van der Waals surface area contributed by atoms with E-state index in [0.29, 0.717) is 22.6 Å². The Bertz CT molecular complexity index is 1010. The van der Waals surface area contributed by atoms with Crippen LogP contribution in [0.4, 0.5) is 10.1 Å². The highest BCUT2D eigenvalue weighted by Crippen LogP contribution is 2.31. The maximum atomic E-state index is 12.9. The Labute approximate surface area is 152 Å². The predicted octanol–water partition coefficient (Wildman–Crippen LogP) is 5.54. The van der Waals surface area contributed by atoms with Gasteiger partial charge in [0.25, 0.3) is 5.69 Å². The minimum absolute atomic E-state index is 0.0373. The van der Waals surface area contributed by atoms with Gasteiger partial charge in [0.15, 0.2) is 5.78 Å². The first-order valence-electron chi connectivity index (χ1n) is 7.46. The summed E-state index contributed by atoms with van der Waals surface area (Å²) in [6.07, 6.45) is 2.78. The number of rotatable bonds is 5. The van der Waals surface area contributed by atoms with E-state index >= 15 is 0 Å². The van der Waals surface area contributed by atoms with E-state index < -0.39 is 10.7 Å². The molecule has 0 amide bonds. The van der Waals surface area contributed by atoms with Gasteiger partial charge in [0.05, 0.1) is 4.92 Å². The number of carbonyl (C=O) groups excluding carboxylic acids is 1. The van der Waals surface area contributed by atoms with Crippen LogP contribution in [0.15, 0.2) is 65.1 Å². The molecule has 0 aliphatic rings. The summed E-state index contributed by atoms with van der Waals surface area (Å²) >= 11 is 5.79. The van der Waals surface area contributed by atoms with Gasteiger partial charge in [-0.05, 0) is 60.7 Å². The van der Waals surface area contributed by atoms with Crippen molar-refractivity contribution in [3.63, 3.8) is 0 Å². The lowest BCUT2D eigenvalue weighted by Crippen LogP contribution is -1.93. The number of benzene rings is 2. The summed E-state index contributed by atoms with van der Waals surface area (Å²) in [4.78, 5) is 22.4. The lowest BCUT2D eigenvalue weighted by molar-refractivity contribution is -0.384. The summed E-state index contributed by atoms with van der Waals surface area (Å²) in [5.74, 6) is 0.0788. The highest BCUT2D eigenvalue weighted by Gasteiger charge is 2.15. The Kier molecular flexibility index (Phi) is 4.95. The number of ketones is 1. The van der Waals surface area contributed by atoms with Gasteiger partial charge < -0.3 is 4.42 Å². The molecule has 3 aromatic rings. The fourth-order valence-corrected chi connectivity index (χ4v) is 2.46. The zero-order valence-corrected chi connectivity index (χ0v) is 13.9. The number of hydrogen-bond donors (Lipinski definition) is 0. The van der Waals surface area contributed by atoms with E-state index in [1.807, 2.05) is 0 Å². The monoisotopic (exact) mass is 371 g/mol. The topological polar surface area (TPSA) is 73.3 Å². The average Bonchev–Trinajstić information content (AvgIpc) is 3.09. The molecule has 0 aliphatic heterocycles. The highest BCUT2D eigenvalue weighted by molar-refractivity contribution is 6.32. The van der Waals surface area contributed by atoms with Crippen molar-refractivity contribution in [2.24, 2.45) is 0 Å². The molecule has 0 radical (unpaired) electrons. The SMILES string of the molecule is O=C(C=Cc1ccc(-c2ccc(Cl)c([N+](=O)[O-])c2)o1)c1ccc(F)cc1. The smallest absolute Gasteiger partial charge is 0.288 e. The lowest BCUT2D eigenvalue weighted by Gasteiger charge is -1.99. The number of hydrogen-bond acceptors (Lipinski definition) is 4. The molecule has 0 spiro atoms. The fraction of sp³-hybridized carbons (Fsp3) is 0. The number of allylic oxidation sites excluding steroid dienone is 1. The van der Waals surface area contributed by atoms with Crippen LogP contribution in [0.3, 0.4) is 0 Å². The molecule has 0 atom stereocenters. The van der Waals surface area contributed by atoms with Gasteiger partial charge in [0.1, 0.15) is 22.4 Å². The second-order valence-corrected chi connectivity index (χ2v) is 5.74. The molecule has 1 aromatic heterocycles. The van der Waals surface area contributed by atoms with Crippen molar-refractivity contribution in [3.8, 4) is 11.3 Å². The molecule has 5 nitrogen and oxygen atoms in total. The number of carbonyl (C=O) groups is 1. The van der Waals surface area contributed by atoms with Gasteiger partial charge in [-0.2, -0.15) is 0 Å². The van der Waals surface area contributed by atoms with Crippen LogP contribution in [0, 0.1) is 15.9 Å². The first kappa shape index (κ1) is 17.6. The highest BCUT2D eigenvalue weighted by atomic mass is 35.5. The van der Waals surface area contributed by atoms with Gasteiger partial charge in [-0.15, -0.1) is 0 Å². The van der Waals surface area contributed by atoms with Crippen LogP contribution in [-0.2, 0) is 0 Å². The minimum atomic E-state index is -0.572. The van der Waals surface area contributed by atoms with Crippen LogP contribution in [-0.4, -0.2) is 10.7 Å². The van der Waals surface area contributed by atoms with Crippen molar-refractivity contribution >= 4 is 29.1 Å². The largest absolute Gasteiger partial charge is 0.457 e. The molecule has 0 unspecified atom stereocenters. The Hall–Kier alpha value is -3.25. The summed E-state index contributed by atoms with van der Waals surface area (Å²) in [6.45, 7) is 0. The number of nitrogens with zero attached hydrogens (tertiary/aromatic N) is 1. The maximum absolute atomic E-state index is 12.9. The van der Waals surface area contributed by atoms with Gasteiger partial charge in [-0.3, -0.25) is 14.9 Å². The zero-order valence-electron chi connectivity index (χ0n) is 13.2. The van der Waals surface area contributed by atoms with Crippen LogP contribution < -0.4 is 0 Å². The summed E-state index contributed by atoms with van der Waals surface area (Å²) in [7, 11) is 0. The number of nitro benzene ring substituents is 1. The molecule has 2 aromatic carbocycles. The van der Waals surface area contributed by atoms with E-state index in [1.165, 1.54) is 48.6 Å². The maximum Gasteiger partial charge on any atom is 0.288 e. The Balaban J connectivity index is 1.80.